The quantitative estimate of drug-likeness (QED) is 0.616. The maximum Gasteiger partial charge on any atom is 0.0101 e. The van der Waals surface area contributed by atoms with Crippen molar-refractivity contribution in [3.05, 3.63) is 0 Å². The van der Waals surface area contributed by atoms with Crippen molar-refractivity contribution >= 4 is 11.8 Å². The van der Waals surface area contributed by atoms with E-state index in [9.17, 15) is 0 Å². The normalized spacial score (nSPS) is 13.8. The van der Waals surface area contributed by atoms with Crippen LogP contribution in [0.25, 0.3) is 0 Å². The van der Waals surface area contributed by atoms with Crippen molar-refractivity contribution in [2.24, 2.45) is 5.73 Å². The first-order chi connectivity index (χ1) is 5.70. The molecule has 0 saturated heterocycles. The monoisotopic (exact) mass is 190 g/mol. The topological polar surface area (TPSA) is 29.3 Å². The van der Waals surface area contributed by atoms with Crippen LogP contribution in [0.15, 0.2) is 0 Å². The average Bonchev–Trinajstić information content (AvgIpc) is 2.04. The Morgan fingerprint density at radius 1 is 1.33 bits per heavy atom. The molecule has 0 heterocycles. The fraction of sp³-hybridized carbons (Fsp3) is 1.00. The lowest BCUT2D eigenvalue weighted by Gasteiger charge is -2.17. The molecule has 0 fully saturated rings. The van der Waals surface area contributed by atoms with Gasteiger partial charge in [-0.1, -0.05) is 13.8 Å². The molecule has 0 aliphatic rings. The largest absolute Gasteiger partial charge is 0.327 e. The van der Waals surface area contributed by atoms with Gasteiger partial charge < -0.3 is 10.6 Å². The van der Waals surface area contributed by atoms with Gasteiger partial charge in [-0.05, 0) is 20.0 Å². The highest BCUT2D eigenvalue weighted by atomic mass is 32.2. The van der Waals surface area contributed by atoms with Gasteiger partial charge in [-0.3, -0.25) is 0 Å². The number of thioether (sulfide) groups is 1. The van der Waals surface area contributed by atoms with Crippen molar-refractivity contribution in [3.8, 4) is 0 Å². The van der Waals surface area contributed by atoms with Crippen molar-refractivity contribution in [1.29, 1.82) is 0 Å². The first-order valence-corrected chi connectivity index (χ1v) is 5.91. The molecule has 0 aliphatic heterocycles. The summed E-state index contributed by atoms with van der Waals surface area (Å²) in [7, 11) is 0. The maximum absolute atomic E-state index is 5.64. The Balaban J connectivity index is 3.17. The van der Waals surface area contributed by atoms with Gasteiger partial charge in [0.1, 0.15) is 0 Å². The first kappa shape index (κ1) is 12.3. The number of hydrogen-bond acceptors (Lipinski definition) is 3. The Labute approximate surface area is 80.9 Å². The molecule has 0 aromatic heterocycles. The minimum atomic E-state index is 0.340. The Kier molecular flexibility index (Phi) is 8.07. The standard InChI is InChI=1S/C9H22N2S/c1-4-11(5-2)6-7-12-8-9(3)10/h9H,4-8,10H2,1-3H3. The minimum absolute atomic E-state index is 0.340. The second-order valence-electron chi connectivity index (χ2n) is 3.08. The van der Waals surface area contributed by atoms with Gasteiger partial charge in [0.25, 0.3) is 0 Å². The molecule has 0 radical (unpaired) electrons. The lowest BCUT2D eigenvalue weighted by atomic mass is 10.4. The third-order valence-corrected chi connectivity index (χ3v) is 3.06. The highest BCUT2D eigenvalue weighted by Crippen LogP contribution is 2.02. The molecule has 0 bridgehead atoms. The number of nitrogens with two attached hydrogens (primary N) is 1. The van der Waals surface area contributed by atoms with E-state index >= 15 is 0 Å². The lowest BCUT2D eigenvalue weighted by Crippen LogP contribution is -2.26. The van der Waals surface area contributed by atoms with Crippen LogP contribution >= 0.6 is 11.8 Å². The van der Waals surface area contributed by atoms with Crippen molar-refractivity contribution in [2.75, 3.05) is 31.1 Å². The molecule has 0 amide bonds. The zero-order chi connectivity index (χ0) is 9.40. The first-order valence-electron chi connectivity index (χ1n) is 4.76. The molecule has 0 aromatic carbocycles. The van der Waals surface area contributed by atoms with Gasteiger partial charge in [-0.15, -0.1) is 0 Å². The summed E-state index contributed by atoms with van der Waals surface area (Å²) in [5, 5.41) is 0. The van der Waals surface area contributed by atoms with Crippen LogP contribution in [0.1, 0.15) is 20.8 Å². The van der Waals surface area contributed by atoms with Crippen LogP contribution in [0.5, 0.6) is 0 Å². The summed E-state index contributed by atoms with van der Waals surface area (Å²) in [4.78, 5) is 2.44. The third kappa shape index (κ3) is 6.95. The second kappa shape index (κ2) is 7.90. The van der Waals surface area contributed by atoms with Gasteiger partial charge in [0.05, 0.1) is 0 Å². The predicted octanol–water partition coefficient (Wildman–Crippen LogP) is 1.41. The minimum Gasteiger partial charge on any atom is -0.327 e. The van der Waals surface area contributed by atoms with E-state index in [0.29, 0.717) is 6.04 Å². The third-order valence-electron chi connectivity index (χ3n) is 1.83. The maximum atomic E-state index is 5.64. The van der Waals surface area contributed by atoms with Gasteiger partial charge in [-0.25, -0.2) is 0 Å². The van der Waals surface area contributed by atoms with Crippen LogP contribution in [0.4, 0.5) is 0 Å². The van der Waals surface area contributed by atoms with Crippen LogP contribution in [0, 0.1) is 0 Å². The highest BCUT2D eigenvalue weighted by molar-refractivity contribution is 7.99. The molecule has 12 heavy (non-hydrogen) atoms. The van der Waals surface area contributed by atoms with Crippen LogP contribution in [-0.2, 0) is 0 Å². The second-order valence-corrected chi connectivity index (χ2v) is 4.23. The lowest BCUT2D eigenvalue weighted by molar-refractivity contribution is 0.324. The van der Waals surface area contributed by atoms with Gasteiger partial charge in [0.2, 0.25) is 0 Å². The molecular weight excluding hydrogens is 168 g/mol. The van der Waals surface area contributed by atoms with E-state index in [-0.39, 0.29) is 0 Å². The fourth-order valence-corrected chi connectivity index (χ4v) is 1.93. The van der Waals surface area contributed by atoms with Crippen LogP contribution in [0.2, 0.25) is 0 Å². The predicted molar refractivity (Wildman–Crippen MR) is 58.8 cm³/mol. The molecule has 3 heteroatoms. The number of nitrogens with zero attached hydrogens (tertiary/aromatic N) is 1. The molecule has 74 valence electrons. The molecule has 0 spiro atoms. The van der Waals surface area contributed by atoms with E-state index in [4.69, 9.17) is 5.73 Å². The van der Waals surface area contributed by atoms with Crippen LogP contribution in [0.3, 0.4) is 0 Å². The summed E-state index contributed by atoms with van der Waals surface area (Å²) < 4.78 is 0. The van der Waals surface area contributed by atoms with E-state index in [0.717, 1.165) is 18.8 Å². The van der Waals surface area contributed by atoms with E-state index in [1.165, 1.54) is 12.3 Å². The molecule has 0 saturated carbocycles. The van der Waals surface area contributed by atoms with Gasteiger partial charge in [-0.2, -0.15) is 11.8 Å². The molecule has 2 nitrogen and oxygen atoms in total. The Morgan fingerprint density at radius 3 is 2.33 bits per heavy atom. The molecule has 0 aliphatic carbocycles. The summed E-state index contributed by atoms with van der Waals surface area (Å²) in [5.74, 6) is 2.30. The zero-order valence-electron chi connectivity index (χ0n) is 8.55. The van der Waals surface area contributed by atoms with Gasteiger partial charge in [0, 0.05) is 24.1 Å². The molecule has 1 atom stereocenters. The number of hydrogen-bond donors (Lipinski definition) is 1. The summed E-state index contributed by atoms with van der Waals surface area (Å²) >= 11 is 1.95. The van der Waals surface area contributed by atoms with Crippen LogP contribution < -0.4 is 5.73 Å². The van der Waals surface area contributed by atoms with Gasteiger partial charge in [0.15, 0.2) is 0 Å². The Hall–Kier alpha value is 0.270. The average molecular weight is 190 g/mol. The molecule has 0 aromatic rings. The van der Waals surface area contributed by atoms with Gasteiger partial charge >= 0.3 is 0 Å². The summed E-state index contributed by atoms with van der Waals surface area (Å²) in [6.07, 6.45) is 0. The summed E-state index contributed by atoms with van der Waals surface area (Å²) in [5.41, 5.74) is 5.64. The molecule has 1 unspecified atom stereocenters. The van der Waals surface area contributed by atoms with Crippen LogP contribution in [-0.4, -0.2) is 42.1 Å². The van der Waals surface area contributed by atoms with Crippen molar-refractivity contribution < 1.29 is 0 Å². The highest BCUT2D eigenvalue weighted by Gasteiger charge is 1.99. The smallest absolute Gasteiger partial charge is 0.0101 e. The summed E-state index contributed by atoms with van der Waals surface area (Å²) in [6, 6.07) is 0.340. The van der Waals surface area contributed by atoms with Crippen molar-refractivity contribution in [1.82, 2.24) is 4.90 Å². The number of rotatable bonds is 7. The molecule has 2 N–H and O–H groups in total. The van der Waals surface area contributed by atoms with E-state index in [2.05, 4.69) is 25.7 Å². The Bertz CT molecular complexity index is 92.5. The van der Waals surface area contributed by atoms with E-state index in [1.807, 2.05) is 11.8 Å². The fourth-order valence-electron chi connectivity index (χ4n) is 1.00. The van der Waals surface area contributed by atoms with E-state index < -0.39 is 0 Å². The molecular formula is C9H22N2S. The van der Waals surface area contributed by atoms with Crippen molar-refractivity contribution in [2.45, 2.75) is 26.8 Å². The Morgan fingerprint density at radius 2 is 1.92 bits per heavy atom. The van der Waals surface area contributed by atoms with Crippen molar-refractivity contribution in [3.63, 3.8) is 0 Å². The SMILES string of the molecule is CCN(CC)CCSCC(C)N. The zero-order valence-corrected chi connectivity index (χ0v) is 9.36. The summed E-state index contributed by atoms with van der Waals surface area (Å²) in [6.45, 7) is 10.00. The van der Waals surface area contributed by atoms with E-state index in [1.54, 1.807) is 0 Å². The molecule has 0 rings (SSSR count).